The molecule has 1 atom stereocenters. The number of hydrogen-bond donors (Lipinski definition) is 1. The van der Waals surface area contributed by atoms with Gasteiger partial charge in [0.05, 0.1) is 0 Å². The van der Waals surface area contributed by atoms with Crippen molar-refractivity contribution in [3.63, 3.8) is 0 Å². The summed E-state index contributed by atoms with van der Waals surface area (Å²) < 4.78 is 23.0. The van der Waals surface area contributed by atoms with Gasteiger partial charge >= 0.3 is 110 Å². The minimum absolute atomic E-state index is 0.353. The molecule has 104 valence electrons. The van der Waals surface area contributed by atoms with Crippen LogP contribution >= 0.6 is 7.43 Å². The van der Waals surface area contributed by atoms with Crippen molar-refractivity contribution in [1.29, 1.82) is 0 Å². The normalized spacial score (nSPS) is 27.2. The van der Waals surface area contributed by atoms with Crippen molar-refractivity contribution in [3.05, 3.63) is 29.8 Å². The Hall–Kier alpha value is -1.36. The molecule has 6 nitrogen and oxygen atoms in total. The predicted octanol–water partition coefficient (Wildman–Crippen LogP) is 3.10. The number of amides is 1. The molecule has 0 aromatic heterocycles. The summed E-state index contributed by atoms with van der Waals surface area (Å²) in [6.45, 7) is 4.36. The van der Waals surface area contributed by atoms with Crippen LogP contribution < -0.4 is 9.61 Å². The number of carbonyl (C=O) groups excluding carboxylic acids is 1. The number of ether oxygens (including phenoxy) is 1. The van der Waals surface area contributed by atoms with Gasteiger partial charge in [0.25, 0.3) is 0 Å². The summed E-state index contributed by atoms with van der Waals surface area (Å²) >= 11 is 0. The zero-order valence-corrected chi connectivity index (χ0v) is 11.7. The van der Waals surface area contributed by atoms with E-state index in [2.05, 4.69) is 5.09 Å². The van der Waals surface area contributed by atoms with Gasteiger partial charge in [0.15, 0.2) is 0 Å². The zero-order chi connectivity index (χ0) is 13.5. The van der Waals surface area contributed by atoms with Crippen molar-refractivity contribution in [2.24, 2.45) is 0 Å². The first kappa shape index (κ1) is 12.7. The van der Waals surface area contributed by atoms with Crippen LogP contribution in [0, 0.1) is 0 Å². The van der Waals surface area contributed by atoms with E-state index in [4.69, 9.17) is 18.3 Å². The summed E-state index contributed by atoms with van der Waals surface area (Å²) in [5, 5.41) is 2.69. The molecule has 0 radical (unpaired) electrons. The molecule has 1 saturated heterocycles. The Morgan fingerprint density at radius 1 is 1.26 bits per heavy atom. The second-order valence-electron chi connectivity index (χ2n) is 4.28. The van der Waals surface area contributed by atoms with Gasteiger partial charge in [-0.1, -0.05) is 0 Å². The van der Waals surface area contributed by atoms with E-state index in [1.54, 1.807) is 0 Å². The number of benzene rings is 1. The van der Waals surface area contributed by atoms with Crippen LogP contribution in [0.3, 0.4) is 0 Å². The molecule has 1 aromatic rings. The Morgan fingerprint density at radius 2 is 1.95 bits per heavy atom. The van der Waals surface area contributed by atoms with Gasteiger partial charge in [-0.2, -0.15) is 0 Å². The Morgan fingerprint density at radius 3 is 2.63 bits per heavy atom. The summed E-state index contributed by atoms with van der Waals surface area (Å²) in [5.74, 6) is -0.0262. The molecule has 19 heavy (non-hydrogen) atoms. The van der Waals surface area contributed by atoms with E-state index < -0.39 is 19.4 Å². The van der Waals surface area contributed by atoms with Crippen LogP contribution in [0.25, 0.3) is 0 Å². The van der Waals surface area contributed by atoms with Crippen molar-refractivity contribution >= 4 is 13.5 Å². The van der Waals surface area contributed by atoms with E-state index in [-0.39, 0.29) is 0 Å². The fraction of sp³-hybridized carbons (Fsp3) is 0.417. The van der Waals surface area contributed by atoms with E-state index in [1.807, 2.05) is 38.1 Å². The van der Waals surface area contributed by atoms with Gasteiger partial charge in [-0.3, -0.25) is 0 Å². The molecule has 1 fully saturated rings. The molecular formula is C12H16NO5P. The molecule has 3 rings (SSSR count). The van der Waals surface area contributed by atoms with Gasteiger partial charge in [-0.25, -0.2) is 0 Å². The summed E-state index contributed by atoms with van der Waals surface area (Å²) in [7, 11) is -3.83. The third-order valence-electron chi connectivity index (χ3n) is 3.12. The topological polar surface area (TPSA) is 66.0 Å². The SMILES string of the molecule is CCOP12(OCC)NC(=O)OC1c1ccccc1O2. The fourth-order valence-corrected chi connectivity index (χ4v) is 6.26. The number of fused-ring (bicyclic) bond motifs is 3. The second-order valence-corrected chi connectivity index (χ2v) is 7.55. The number of para-hydroxylation sites is 1. The first-order chi connectivity index (χ1) is 9.13. The third-order valence-corrected chi connectivity index (χ3v) is 6.93. The molecule has 1 unspecified atom stereocenters. The molecule has 1 amide bonds. The van der Waals surface area contributed by atoms with Crippen molar-refractivity contribution < 1.29 is 23.1 Å². The van der Waals surface area contributed by atoms with Crippen LogP contribution in [0.2, 0.25) is 0 Å². The third kappa shape index (κ3) is 1.57. The van der Waals surface area contributed by atoms with Crippen LogP contribution in [-0.2, 0) is 13.8 Å². The first-order valence-corrected chi connectivity index (χ1v) is 8.29. The van der Waals surface area contributed by atoms with Gasteiger partial charge in [0, 0.05) is 0 Å². The maximum atomic E-state index is 11.7. The minimum atomic E-state index is -3.83. The Labute approximate surface area is 111 Å². The maximum absolute atomic E-state index is 11.7. The van der Waals surface area contributed by atoms with Crippen LogP contribution in [0.5, 0.6) is 5.75 Å². The Kier molecular flexibility index (Phi) is 2.71. The van der Waals surface area contributed by atoms with Crippen molar-refractivity contribution in [1.82, 2.24) is 5.09 Å². The van der Waals surface area contributed by atoms with Crippen LogP contribution in [0.4, 0.5) is 4.79 Å². The van der Waals surface area contributed by atoms with Gasteiger partial charge in [0.2, 0.25) is 0 Å². The molecular weight excluding hydrogens is 269 g/mol. The Balaban J connectivity index is 2.15. The summed E-state index contributed by atoms with van der Waals surface area (Å²) in [4.78, 5) is 11.7. The average Bonchev–Trinajstić information content (AvgIpc) is 2.77. The van der Waals surface area contributed by atoms with Gasteiger partial charge in [0.1, 0.15) is 0 Å². The first-order valence-electron chi connectivity index (χ1n) is 6.24. The monoisotopic (exact) mass is 285 g/mol. The number of carbonyl (C=O) groups is 1. The molecule has 2 aliphatic heterocycles. The van der Waals surface area contributed by atoms with Gasteiger partial charge < -0.3 is 0 Å². The molecule has 0 saturated carbocycles. The van der Waals surface area contributed by atoms with Crippen LogP contribution in [0.15, 0.2) is 24.3 Å². The van der Waals surface area contributed by atoms with E-state index in [9.17, 15) is 4.79 Å². The van der Waals surface area contributed by atoms with Gasteiger partial charge in [-0.15, -0.1) is 0 Å². The molecule has 1 aromatic carbocycles. The van der Waals surface area contributed by atoms with Crippen LogP contribution in [0.1, 0.15) is 25.3 Å². The predicted molar refractivity (Wildman–Crippen MR) is 69.6 cm³/mol. The summed E-state index contributed by atoms with van der Waals surface area (Å²) in [6.07, 6.45) is -0.570. The van der Waals surface area contributed by atoms with Crippen molar-refractivity contribution in [3.8, 4) is 5.75 Å². The molecule has 0 aliphatic carbocycles. The molecule has 2 heterocycles. The Bertz CT molecular complexity index is 529. The second kappa shape index (κ2) is 4.07. The summed E-state index contributed by atoms with van der Waals surface area (Å²) in [5.41, 5.74) is 0.778. The average molecular weight is 285 g/mol. The zero-order valence-electron chi connectivity index (χ0n) is 10.8. The van der Waals surface area contributed by atoms with Crippen molar-refractivity contribution in [2.75, 3.05) is 13.2 Å². The molecule has 1 N–H and O–H groups in total. The quantitative estimate of drug-likeness (QED) is 0.861. The number of nitrogens with one attached hydrogen (secondary N) is 1. The fourth-order valence-electron chi connectivity index (χ4n) is 2.55. The summed E-state index contributed by atoms with van der Waals surface area (Å²) in [6, 6.07) is 7.39. The van der Waals surface area contributed by atoms with Crippen molar-refractivity contribution in [2.45, 2.75) is 19.7 Å². The number of hydrogen-bond acceptors (Lipinski definition) is 5. The molecule has 0 spiro atoms. The van der Waals surface area contributed by atoms with E-state index >= 15 is 0 Å². The van der Waals surface area contributed by atoms with E-state index in [0.717, 1.165) is 5.56 Å². The molecule has 0 bridgehead atoms. The van der Waals surface area contributed by atoms with Crippen LogP contribution in [-0.4, -0.2) is 19.3 Å². The van der Waals surface area contributed by atoms with Gasteiger partial charge in [-0.05, 0) is 0 Å². The number of rotatable bonds is 4. The molecule has 2 aliphatic rings. The van der Waals surface area contributed by atoms with E-state index in [1.165, 1.54) is 0 Å². The van der Waals surface area contributed by atoms with E-state index in [0.29, 0.717) is 19.0 Å². The molecule has 7 heteroatoms. The standard InChI is InChI=1S/C12H16NO5P/c1-3-15-19(16-4-2)11(17-12(14)13-19)9-7-5-6-8-10(9)18-19/h5-8,11H,3-4H2,1-2H3,(H,13,14).